The van der Waals surface area contributed by atoms with Crippen LogP contribution in [0.3, 0.4) is 0 Å². The van der Waals surface area contributed by atoms with Gasteiger partial charge < -0.3 is 28.4 Å². The summed E-state index contributed by atoms with van der Waals surface area (Å²) in [6, 6.07) is 12.9. The van der Waals surface area contributed by atoms with Crippen molar-refractivity contribution in [3.63, 3.8) is 0 Å². The highest BCUT2D eigenvalue weighted by molar-refractivity contribution is 7.92. The third-order valence-electron chi connectivity index (χ3n) is 5.31. The fourth-order valence-corrected chi connectivity index (χ4v) is 4.54. The Balaban J connectivity index is 2.06. The molecule has 3 rings (SSSR count). The summed E-state index contributed by atoms with van der Waals surface area (Å²) >= 11 is 0. The molecule has 0 atom stereocenters. The molecule has 0 saturated carbocycles. The van der Waals surface area contributed by atoms with Crippen LogP contribution in [0, 0.1) is 0 Å². The third kappa shape index (κ3) is 5.77. The second kappa shape index (κ2) is 11.6. The summed E-state index contributed by atoms with van der Waals surface area (Å²) < 4.78 is 61.0. The summed E-state index contributed by atoms with van der Waals surface area (Å²) in [5, 5.41) is 0. The molecule has 0 spiro atoms. The molecule has 0 heterocycles. The minimum atomic E-state index is -3.91. The maximum absolute atomic E-state index is 13.1. The molecule has 0 aliphatic heterocycles. The number of methoxy groups -OCH3 is 6. The Hall–Kier alpha value is -4.05. The molecule has 0 saturated heterocycles. The number of nitrogens with one attached hydrogen (secondary N) is 1. The van der Waals surface area contributed by atoms with Crippen LogP contribution in [0.1, 0.15) is 11.1 Å². The number of sulfonamides is 1. The van der Waals surface area contributed by atoms with Crippen LogP contribution in [-0.2, 0) is 10.0 Å². The second-order valence-electron chi connectivity index (χ2n) is 7.37. The van der Waals surface area contributed by atoms with Crippen LogP contribution in [0.2, 0.25) is 0 Å². The monoisotopic (exact) mass is 515 g/mol. The average Bonchev–Trinajstić information content (AvgIpc) is 2.91. The molecule has 3 aromatic carbocycles. The van der Waals surface area contributed by atoms with Crippen LogP contribution in [0.5, 0.6) is 34.5 Å². The van der Waals surface area contributed by atoms with E-state index in [2.05, 4.69) is 4.72 Å². The minimum Gasteiger partial charge on any atom is -0.497 e. The first kappa shape index (κ1) is 26.6. The zero-order valence-electron chi connectivity index (χ0n) is 20.9. The first-order valence-corrected chi connectivity index (χ1v) is 12.2. The molecule has 0 amide bonds. The van der Waals surface area contributed by atoms with Crippen LogP contribution in [0.15, 0.2) is 53.4 Å². The molecule has 1 N–H and O–H groups in total. The van der Waals surface area contributed by atoms with Crippen molar-refractivity contribution in [3.05, 3.63) is 59.7 Å². The number of ether oxygens (including phenoxy) is 6. The SMILES string of the molecule is COc1ccc(S(=O)(=O)Nc2cc(OC)c(OC)cc2C=Cc2cc(OC)c(OC)c(OC)c2)cc1. The minimum absolute atomic E-state index is 0.0811. The Morgan fingerprint density at radius 2 is 1.19 bits per heavy atom. The first-order chi connectivity index (χ1) is 17.3. The summed E-state index contributed by atoms with van der Waals surface area (Å²) in [6.07, 6.45) is 3.53. The van der Waals surface area contributed by atoms with Gasteiger partial charge >= 0.3 is 0 Å². The molecular weight excluding hydrogens is 486 g/mol. The molecule has 0 fully saturated rings. The van der Waals surface area contributed by atoms with E-state index in [0.29, 0.717) is 45.7 Å². The number of rotatable bonds is 11. The second-order valence-corrected chi connectivity index (χ2v) is 9.05. The van der Waals surface area contributed by atoms with Crippen molar-refractivity contribution in [2.24, 2.45) is 0 Å². The van der Waals surface area contributed by atoms with Gasteiger partial charge in [0.25, 0.3) is 10.0 Å². The van der Waals surface area contributed by atoms with Crippen LogP contribution >= 0.6 is 0 Å². The molecule has 0 aromatic heterocycles. The van der Waals surface area contributed by atoms with Crippen molar-refractivity contribution in [3.8, 4) is 34.5 Å². The van der Waals surface area contributed by atoms with Gasteiger partial charge in [0.1, 0.15) is 5.75 Å². The highest BCUT2D eigenvalue weighted by Crippen LogP contribution is 2.39. The number of anilines is 1. The summed E-state index contributed by atoms with van der Waals surface area (Å²) in [7, 11) is 5.18. The molecular formula is C26H29NO8S. The topological polar surface area (TPSA) is 102 Å². The molecule has 0 unspecified atom stereocenters. The summed E-state index contributed by atoms with van der Waals surface area (Å²) in [5.74, 6) is 2.81. The molecule has 36 heavy (non-hydrogen) atoms. The molecule has 192 valence electrons. The van der Waals surface area contributed by atoms with Gasteiger partial charge in [-0.3, -0.25) is 4.72 Å². The number of hydrogen-bond donors (Lipinski definition) is 1. The van der Waals surface area contributed by atoms with Crippen LogP contribution in [-0.4, -0.2) is 51.1 Å². The van der Waals surface area contributed by atoms with Crippen LogP contribution < -0.4 is 33.1 Å². The fourth-order valence-electron chi connectivity index (χ4n) is 3.46. The third-order valence-corrected chi connectivity index (χ3v) is 6.69. The smallest absolute Gasteiger partial charge is 0.261 e. The van der Waals surface area contributed by atoms with Gasteiger partial charge in [-0.1, -0.05) is 12.2 Å². The van der Waals surface area contributed by atoms with E-state index in [4.69, 9.17) is 28.4 Å². The molecule has 0 bridgehead atoms. The van der Waals surface area contributed by atoms with Gasteiger partial charge in [0.2, 0.25) is 5.75 Å². The predicted molar refractivity (Wildman–Crippen MR) is 138 cm³/mol. The Bertz CT molecular complexity index is 1310. The summed E-state index contributed by atoms with van der Waals surface area (Å²) in [4.78, 5) is 0.0811. The largest absolute Gasteiger partial charge is 0.497 e. The Kier molecular flexibility index (Phi) is 8.55. The summed E-state index contributed by atoms with van der Waals surface area (Å²) in [5.41, 5.74) is 1.58. The van der Waals surface area contributed by atoms with E-state index in [1.807, 2.05) is 0 Å². The van der Waals surface area contributed by atoms with Crippen LogP contribution in [0.4, 0.5) is 5.69 Å². The highest BCUT2D eigenvalue weighted by Gasteiger charge is 2.19. The van der Waals surface area contributed by atoms with Crippen molar-refractivity contribution in [1.29, 1.82) is 0 Å². The van der Waals surface area contributed by atoms with Gasteiger partial charge in [-0.2, -0.15) is 0 Å². The maximum atomic E-state index is 13.1. The van der Waals surface area contributed by atoms with Gasteiger partial charge in [-0.25, -0.2) is 8.42 Å². The van der Waals surface area contributed by atoms with Gasteiger partial charge in [-0.05, 0) is 48.0 Å². The lowest BCUT2D eigenvalue weighted by atomic mass is 10.1. The van der Waals surface area contributed by atoms with Crippen molar-refractivity contribution in [1.82, 2.24) is 0 Å². The van der Waals surface area contributed by atoms with E-state index >= 15 is 0 Å². The summed E-state index contributed by atoms with van der Waals surface area (Å²) in [6.45, 7) is 0. The van der Waals surface area contributed by atoms with Gasteiger partial charge in [-0.15, -0.1) is 0 Å². The lowest BCUT2D eigenvalue weighted by Crippen LogP contribution is -2.14. The van der Waals surface area contributed by atoms with Gasteiger partial charge in [0, 0.05) is 11.6 Å². The highest BCUT2D eigenvalue weighted by atomic mass is 32.2. The molecule has 0 aliphatic carbocycles. The van der Waals surface area contributed by atoms with E-state index < -0.39 is 10.0 Å². The Morgan fingerprint density at radius 1 is 0.639 bits per heavy atom. The van der Waals surface area contributed by atoms with Crippen molar-refractivity contribution in [2.75, 3.05) is 47.4 Å². The average molecular weight is 516 g/mol. The molecule has 3 aromatic rings. The first-order valence-electron chi connectivity index (χ1n) is 10.7. The van der Waals surface area contributed by atoms with E-state index in [1.165, 1.54) is 54.8 Å². The quantitative estimate of drug-likeness (QED) is 0.367. The van der Waals surface area contributed by atoms with E-state index in [1.54, 1.807) is 48.6 Å². The number of hydrogen-bond acceptors (Lipinski definition) is 8. The fraction of sp³-hybridized carbons (Fsp3) is 0.231. The predicted octanol–water partition coefficient (Wildman–Crippen LogP) is 4.71. The Labute approximate surface area is 211 Å². The number of benzene rings is 3. The zero-order valence-corrected chi connectivity index (χ0v) is 21.8. The standard InChI is InChI=1S/C26H29NO8S/c1-30-19-9-11-20(12-10-19)36(28,29)27-21-16-23(32-3)22(31-2)15-18(21)8-7-17-13-24(33-4)26(35-6)25(14-17)34-5/h7-16,27H,1-6H3. The Morgan fingerprint density at radius 3 is 1.69 bits per heavy atom. The van der Waals surface area contributed by atoms with E-state index in [-0.39, 0.29) is 4.90 Å². The van der Waals surface area contributed by atoms with Crippen LogP contribution in [0.25, 0.3) is 12.2 Å². The van der Waals surface area contributed by atoms with Crippen molar-refractivity contribution >= 4 is 27.9 Å². The van der Waals surface area contributed by atoms with E-state index in [0.717, 1.165) is 5.56 Å². The molecule has 0 radical (unpaired) electrons. The van der Waals surface area contributed by atoms with Gasteiger partial charge in [0.05, 0.1) is 53.2 Å². The maximum Gasteiger partial charge on any atom is 0.261 e. The van der Waals surface area contributed by atoms with Gasteiger partial charge in [0.15, 0.2) is 23.0 Å². The van der Waals surface area contributed by atoms with E-state index in [9.17, 15) is 8.42 Å². The molecule has 0 aliphatic rings. The molecule has 10 heteroatoms. The van der Waals surface area contributed by atoms with Crippen molar-refractivity contribution < 1.29 is 36.8 Å². The zero-order chi connectivity index (χ0) is 26.3. The normalized spacial score (nSPS) is 11.2. The lowest BCUT2D eigenvalue weighted by Gasteiger charge is -2.15. The van der Waals surface area contributed by atoms with Crippen molar-refractivity contribution in [2.45, 2.75) is 4.90 Å². The molecule has 9 nitrogen and oxygen atoms in total. The lowest BCUT2D eigenvalue weighted by molar-refractivity contribution is 0.324.